The van der Waals surface area contributed by atoms with Gasteiger partial charge in [-0.05, 0) is 49.2 Å². The molecule has 1 aliphatic heterocycles. The van der Waals surface area contributed by atoms with Crippen LogP contribution in [0.5, 0.6) is 0 Å². The fourth-order valence-electron chi connectivity index (χ4n) is 4.91. The van der Waals surface area contributed by atoms with Crippen molar-refractivity contribution in [3.8, 4) is 0 Å². The molecule has 2 fully saturated rings. The third-order valence-corrected chi connectivity index (χ3v) is 8.75. The minimum absolute atomic E-state index is 0.0799. The van der Waals surface area contributed by atoms with Gasteiger partial charge in [0.1, 0.15) is 10.7 Å². The van der Waals surface area contributed by atoms with Crippen molar-refractivity contribution in [2.24, 2.45) is 0 Å². The van der Waals surface area contributed by atoms with Gasteiger partial charge in [0.25, 0.3) is 15.9 Å². The number of aromatic nitrogens is 3. The van der Waals surface area contributed by atoms with E-state index in [0.717, 1.165) is 16.9 Å². The lowest BCUT2D eigenvalue weighted by Gasteiger charge is -2.35. The van der Waals surface area contributed by atoms with Gasteiger partial charge in [-0.1, -0.05) is 24.6 Å². The van der Waals surface area contributed by atoms with Gasteiger partial charge in [0.15, 0.2) is 0 Å². The predicted octanol–water partition coefficient (Wildman–Crippen LogP) is 4.06. The van der Waals surface area contributed by atoms with Gasteiger partial charge in [0, 0.05) is 54.9 Å². The molecule has 1 N–H and O–H groups in total. The molecule has 2 aromatic heterocycles. The normalized spacial score (nSPS) is 16.3. The van der Waals surface area contributed by atoms with Crippen molar-refractivity contribution in [1.29, 1.82) is 0 Å². The largest absolute Gasteiger partial charge is 0.352 e. The SMILES string of the molecule is O=C(c1ccc(NS(=O)(=O)c2cccc3cccnc23)cc1)N1CCN(c2cnc(C3CCC3)cn2)CC1. The molecule has 3 heterocycles. The fraction of sp³-hybridized carbons (Fsp3) is 0.286. The van der Waals surface area contributed by atoms with Crippen LogP contribution in [0, 0.1) is 0 Å². The van der Waals surface area contributed by atoms with Crippen LogP contribution in [-0.2, 0) is 10.0 Å². The second kappa shape index (κ2) is 10.0. The number of sulfonamides is 1. The summed E-state index contributed by atoms with van der Waals surface area (Å²) in [4.78, 5) is 30.6. The molecule has 1 aliphatic carbocycles. The van der Waals surface area contributed by atoms with Gasteiger partial charge in [0.05, 0.1) is 23.6 Å². The summed E-state index contributed by atoms with van der Waals surface area (Å²) in [6, 6.07) is 15.2. The maximum absolute atomic E-state index is 13.1. The lowest BCUT2D eigenvalue weighted by atomic mass is 9.83. The third kappa shape index (κ3) is 4.79. The van der Waals surface area contributed by atoms with Crippen LogP contribution in [0.2, 0.25) is 0 Å². The van der Waals surface area contributed by atoms with E-state index in [-0.39, 0.29) is 10.8 Å². The van der Waals surface area contributed by atoms with Gasteiger partial charge in [-0.15, -0.1) is 0 Å². The van der Waals surface area contributed by atoms with Crippen molar-refractivity contribution in [1.82, 2.24) is 19.9 Å². The monoisotopic (exact) mass is 528 g/mol. The van der Waals surface area contributed by atoms with Gasteiger partial charge in [-0.2, -0.15) is 0 Å². The van der Waals surface area contributed by atoms with Crippen LogP contribution in [0.25, 0.3) is 10.9 Å². The maximum atomic E-state index is 13.1. The minimum Gasteiger partial charge on any atom is -0.352 e. The summed E-state index contributed by atoms with van der Waals surface area (Å²) in [7, 11) is -3.86. The average Bonchev–Trinajstić information content (AvgIpc) is 2.92. The van der Waals surface area contributed by atoms with E-state index >= 15 is 0 Å². The smallest absolute Gasteiger partial charge is 0.264 e. The van der Waals surface area contributed by atoms with E-state index in [1.165, 1.54) is 25.3 Å². The fourth-order valence-corrected chi connectivity index (χ4v) is 6.15. The standard InChI is InChI=1S/C28H28N6O3S/c35-28(34-16-14-33(15-17-34)26-19-30-24(18-31-26)20-4-1-5-20)22-9-11-23(12-10-22)32-38(36,37)25-8-2-6-21-7-3-13-29-27(21)25/h2-3,6-13,18-20,32H,1,4-5,14-17H2. The van der Waals surface area contributed by atoms with E-state index in [1.807, 2.05) is 29.4 Å². The van der Waals surface area contributed by atoms with E-state index in [2.05, 4.69) is 24.6 Å². The molecule has 0 bridgehead atoms. The first-order valence-electron chi connectivity index (χ1n) is 12.8. The van der Waals surface area contributed by atoms with Crippen LogP contribution in [0.15, 0.2) is 78.1 Å². The van der Waals surface area contributed by atoms with Crippen LogP contribution in [0.4, 0.5) is 11.5 Å². The Bertz CT molecular complexity index is 1560. The molecule has 0 atom stereocenters. The van der Waals surface area contributed by atoms with Gasteiger partial charge in [-0.3, -0.25) is 19.5 Å². The third-order valence-electron chi connectivity index (χ3n) is 7.34. The Morgan fingerprint density at radius 2 is 1.63 bits per heavy atom. The molecule has 4 aromatic rings. The Balaban J connectivity index is 1.08. The molecular formula is C28H28N6O3S. The molecule has 9 nitrogen and oxygen atoms in total. The molecule has 38 heavy (non-hydrogen) atoms. The lowest BCUT2D eigenvalue weighted by molar-refractivity contribution is 0.0746. The number of nitrogens with zero attached hydrogens (tertiary/aromatic N) is 5. The second-order valence-corrected chi connectivity index (χ2v) is 11.4. The van der Waals surface area contributed by atoms with Crippen molar-refractivity contribution >= 4 is 38.3 Å². The highest BCUT2D eigenvalue weighted by Crippen LogP contribution is 2.35. The highest BCUT2D eigenvalue weighted by molar-refractivity contribution is 7.93. The number of hydrogen-bond acceptors (Lipinski definition) is 7. The summed E-state index contributed by atoms with van der Waals surface area (Å²) in [5.74, 6) is 1.32. The van der Waals surface area contributed by atoms with Crippen molar-refractivity contribution in [2.45, 2.75) is 30.1 Å². The number of rotatable bonds is 6. The first kappa shape index (κ1) is 24.3. The van der Waals surface area contributed by atoms with Gasteiger partial charge in [0.2, 0.25) is 0 Å². The number of benzene rings is 2. The summed E-state index contributed by atoms with van der Waals surface area (Å²) in [5, 5.41) is 0.745. The number of hydrogen-bond donors (Lipinski definition) is 1. The van der Waals surface area contributed by atoms with E-state index in [1.54, 1.807) is 42.6 Å². The Morgan fingerprint density at radius 3 is 2.32 bits per heavy atom. The molecule has 6 rings (SSSR count). The molecule has 0 spiro atoms. The van der Waals surface area contributed by atoms with Crippen molar-refractivity contribution in [3.63, 3.8) is 0 Å². The zero-order valence-electron chi connectivity index (χ0n) is 20.8. The van der Waals surface area contributed by atoms with Gasteiger partial charge in [-0.25, -0.2) is 13.4 Å². The number of anilines is 2. The van der Waals surface area contributed by atoms with Crippen LogP contribution in [0.3, 0.4) is 0 Å². The molecule has 10 heteroatoms. The van der Waals surface area contributed by atoms with Crippen LogP contribution >= 0.6 is 0 Å². The quantitative estimate of drug-likeness (QED) is 0.402. The van der Waals surface area contributed by atoms with Crippen LogP contribution < -0.4 is 9.62 Å². The highest BCUT2D eigenvalue weighted by atomic mass is 32.2. The van der Waals surface area contributed by atoms with Crippen molar-refractivity contribution in [2.75, 3.05) is 35.8 Å². The molecule has 1 saturated heterocycles. The first-order valence-corrected chi connectivity index (χ1v) is 14.3. The molecule has 0 unspecified atom stereocenters. The summed E-state index contributed by atoms with van der Waals surface area (Å²) in [5.41, 5.74) is 2.38. The molecule has 2 aliphatic rings. The molecule has 1 saturated carbocycles. The number of amides is 1. The summed E-state index contributed by atoms with van der Waals surface area (Å²) in [6.45, 7) is 2.51. The zero-order valence-corrected chi connectivity index (χ0v) is 21.6. The van der Waals surface area contributed by atoms with E-state index in [4.69, 9.17) is 0 Å². The number of piperazine rings is 1. The molecule has 2 aromatic carbocycles. The number of pyridine rings is 1. The second-order valence-electron chi connectivity index (χ2n) is 9.72. The van der Waals surface area contributed by atoms with Crippen molar-refractivity contribution in [3.05, 3.63) is 84.4 Å². The summed E-state index contributed by atoms with van der Waals surface area (Å²) >= 11 is 0. The van der Waals surface area contributed by atoms with E-state index < -0.39 is 10.0 Å². The Hall–Kier alpha value is -4.05. The van der Waals surface area contributed by atoms with E-state index in [0.29, 0.717) is 48.9 Å². The van der Waals surface area contributed by atoms with Crippen molar-refractivity contribution < 1.29 is 13.2 Å². The molecular weight excluding hydrogens is 500 g/mol. The first-order chi connectivity index (χ1) is 18.5. The number of fused-ring (bicyclic) bond motifs is 1. The predicted molar refractivity (Wildman–Crippen MR) is 146 cm³/mol. The Morgan fingerprint density at radius 1 is 0.868 bits per heavy atom. The Labute approximate surface area is 221 Å². The zero-order chi connectivity index (χ0) is 26.1. The minimum atomic E-state index is -3.86. The molecule has 1 amide bonds. The summed E-state index contributed by atoms with van der Waals surface area (Å²) < 4.78 is 28.7. The number of nitrogens with one attached hydrogen (secondary N) is 1. The highest BCUT2D eigenvalue weighted by Gasteiger charge is 2.25. The van der Waals surface area contributed by atoms with Gasteiger partial charge >= 0.3 is 0 Å². The summed E-state index contributed by atoms with van der Waals surface area (Å²) in [6.07, 6.45) is 8.97. The van der Waals surface area contributed by atoms with E-state index in [9.17, 15) is 13.2 Å². The maximum Gasteiger partial charge on any atom is 0.264 e. The molecule has 0 radical (unpaired) electrons. The topological polar surface area (TPSA) is 108 Å². The molecule has 194 valence electrons. The van der Waals surface area contributed by atoms with Crippen LogP contribution in [0.1, 0.15) is 41.2 Å². The lowest BCUT2D eigenvalue weighted by Crippen LogP contribution is -2.49. The van der Waals surface area contributed by atoms with Crippen LogP contribution in [-0.4, -0.2) is 60.4 Å². The van der Waals surface area contributed by atoms with Gasteiger partial charge < -0.3 is 9.80 Å². The number of carbonyl (C=O) groups is 1. The number of para-hydroxylation sites is 1. The number of carbonyl (C=O) groups excluding carboxylic acids is 1. The average molecular weight is 529 g/mol. The Kier molecular flexibility index (Phi) is 6.40.